The molecule has 3 heteroatoms. The molecule has 1 saturated heterocycles. The maximum absolute atomic E-state index is 8.68. The van der Waals surface area contributed by atoms with Crippen molar-refractivity contribution < 1.29 is 5.11 Å². The molecule has 0 radical (unpaired) electrons. The standard InChI is InChI=1S/C12H26N2O/c1-13(2)12-6-9-14(10-7-12)8-4-3-5-11-15/h12,15H,3-11H2,1-2H3. The van der Waals surface area contributed by atoms with E-state index in [4.69, 9.17) is 5.11 Å². The van der Waals surface area contributed by atoms with Gasteiger partial charge in [-0.25, -0.2) is 0 Å². The molecule has 0 amide bonds. The van der Waals surface area contributed by atoms with Crippen molar-refractivity contribution in [3.05, 3.63) is 0 Å². The lowest BCUT2D eigenvalue weighted by Crippen LogP contribution is -2.42. The summed E-state index contributed by atoms with van der Waals surface area (Å²) in [6.07, 6.45) is 6.01. The SMILES string of the molecule is CN(C)C1CCN(CCCCCO)CC1. The summed E-state index contributed by atoms with van der Waals surface area (Å²) < 4.78 is 0. The third-order valence-corrected chi connectivity index (χ3v) is 3.42. The van der Waals surface area contributed by atoms with Crippen molar-refractivity contribution in [3.8, 4) is 0 Å². The lowest BCUT2D eigenvalue weighted by atomic mass is 10.0. The van der Waals surface area contributed by atoms with E-state index >= 15 is 0 Å². The molecule has 1 heterocycles. The summed E-state index contributed by atoms with van der Waals surface area (Å²) in [4.78, 5) is 4.92. The van der Waals surface area contributed by atoms with E-state index in [0.717, 1.165) is 12.5 Å². The summed E-state index contributed by atoms with van der Waals surface area (Å²) in [7, 11) is 4.36. The first kappa shape index (κ1) is 12.9. The van der Waals surface area contributed by atoms with Crippen LogP contribution in [0.25, 0.3) is 0 Å². The van der Waals surface area contributed by atoms with Crippen LogP contribution in [0.4, 0.5) is 0 Å². The van der Waals surface area contributed by atoms with Crippen LogP contribution in [0.3, 0.4) is 0 Å². The van der Waals surface area contributed by atoms with E-state index in [-0.39, 0.29) is 0 Å². The lowest BCUT2D eigenvalue weighted by Gasteiger charge is -2.35. The number of unbranched alkanes of at least 4 members (excludes halogenated alkanes) is 2. The first-order valence-corrected chi connectivity index (χ1v) is 6.23. The predicted molar refractivity (Wildman–Crippen MR) is 64.1 cm³/mol. The summed E-state index contributed by atoms with van der Waals surface area (Å²) in [5.74, 6) is 0. The van der Waals surface area contributed by atoms with Crippen LogP contribution < -0.4 is 0 Å². The number of hydrogen-bond donors (Lipinski definition) is 1. The van der Waals surface area contributed by atoms with Crippen LogP contribution in [0.2, 0.25) is 0 Å². The van der Waals surface area contributed by atoms with Crippen LogP contribution in [0.1, 0.15) is 32.1 Å². The molecule has 0 aromatic heterocycles. The lowest BCUT2D eigenvalue weighted by molar-refractivity contribution is 0.142. The number of piperidine rings is 1. The van der Waals surface area contributed by atoms with Gasteiger partial charge in [0.15, 0.2) is 0 Å². The molecular formula is C12H26N2O. The number of aliphatic hydroxyl groups excluding tert-OH is 1. The number of hydrogen-bond acceptors (Lipinski definition) is 3. The zero-order chi connectivity index (χ0) is 11.1. The van der Waals surface area contributed by atoms with Gasteiger partial charge in [-0.1, -0.05) is 0 Å². The zero-order valence-corrected chi connectivity index (χ0v) is 10.3. The predicted octanol–water partition coefficient (Wildman–Crippen LogP) is 1.17. The summed E-state index contributed by atoms with van der Waals surface area (Å²) in [6, 6.07) is 0.790. The maximum Gasteiger partial charge on any atom is 0.0431 e. The minimum Gasteiger partial charge on any atom is -0.396 e. The van der Waals surface area contributed by atoms with Gasteiger partial charge in [0.1, 0.15) is 0 Å². The Bertz CT molecular complexity index is 154. The minimum absolute atomic E-state index is 0.350. The fourth-order valence-electron chi connectivity index (χ4n) is 2.28. The van der Waals surface area contributed by atoms with Crippen molar-refractivity contribution in [2.45, 2.75) is 38.1 Å². The average molecular weight is 214 g/mol. The molecule has 1 rings (SSSR count). The largest absolute Gasteiger partial charge is 0.396 e. The van der Waals surface area contributed by atoms with Crippen molar-refractivity contribution in [2.24, 2.45) is 0 Å². The molecule has 90 valence electrons. The van der Waals surface area contributed by atoms with Gasteiger partial charge in [0, 0.05) is 12.6 Å². The number of aliphatic hydroxyl groups is 1. The van der Waals surface area contributed by atoms with Crippen molar-refractivity contribution in [3.63, 3.8) is 0 Å². The first-order chi connectivity index (χ1) is 7.24. The fraction of sp³-hybridized carbons (Fsp3) is 1.00. The van der Waals surface area contributed by atoms with Gasteiger partial charge in [-0.15, -0.1) is 0 Å². The van der Waals surface area contributed by atoms with Crippen molar-refractivity contribution in [1.82, 2.24) is 9.80 Å². The highest BCUT2D eigenvalue weighted by molar-refractivity contribution is 4.76. The summed E-state index contributed by atoms with van der Waals surface area (Å²) in [5, 5.41) is 8.68. The highest BCUT2D eigenvalue weighted by Crippen LogP contribution is 2.14. The molecule has 0 aromatic carbocycles. The molecular weight excluding hydrogens is 188 g/mol. The van der Waals surface area contributed by atoms with Crippen LogP contribution in [0, 0.1) is 0 Å². The molecule has 0 aromatic rings. The van der Waals surface area contributed by atoms with Gasteiger partial charge in [0.25, 0.3) is 0 Å². The minimum atomic E-state index is 0.350. The smallest absolute Gasteiger partial charge is 0.0431 e. The van der Waals surface area contributed by atoms with Crippen LogP contribution in [0.15, 0.2) is 0 Å². The molecule has 0 saturated carbocycles. The zero-order valence-electron chi connectivity index (χ0n) is 10.3. The van der Waals surface area contributed by atoms with E-state index in [9.17, 15) is 0 Å². The van der Waals surface area contributed by atoms with E-state index in [1.807, 2.05) is 0 Å². The Balaban J connectivity index is 2.04. The molecule has 0 spiro atoms. The second-order valence-corrected chi connectivity index (χ2v) is 4.82. The van der Waals surface area contributed by atoms with E-state index in [2.05, 4.69) is 23.9 Å². The van der Waals surface area contributed by atoms with Gasteiger partial charge in [0.05, 0.1) is 0 Å². The Labute approximate surface area is 94.1 Å². The van der Waals surface area contributed by atoms with Crippen LogP contribution in [-0.4, -0.2) is 61.3 Å². The van der Waals surface area contributed by atoms with Gasteiger partial charge >= 0.3 is 0 Å². The monoisotopic (exact) mass is 214 g/mol. The number of nitrogens with zero attached hydrogens (tertiary/aromatic N) is 2. The third-order valence-electron chi connectivity index (χ3n) is 3.42. The Morgan fingerprint density at radius 1 is 1.13 bits per heavy atom. The summed E-state index contributed by atoms with van der Waals surface area (Å²) >= 11 is 0. The molecule has 1 N–H and O–H groups in total. The fourth-order valence-corrected chi connectivity index (χ4v) is 2.28. The van der Waals surface area contributed by atoms with Crippen LogP contribution >= 0.6 is 0 Å². The van der Waals surface area contributed by atoms with Crippen molar-refractivity contribution in [1.29, 1.82) is 0 Å². The molecule has 0 unspecified atom stereocenters. The van der Waals surface area contributed by atoms with Gasteiger partial charge in [-0.2, -0.15) is 0 Å². The maximum atomic E-state index is 8.68. The van der Waals surface area contributed by atoms with Gasteiger partial charge in [0.2, 0.25) is 0 Å². The second-order valence-electron chi connectivity index (χ2n) is 4.82. The Morgan fingerprint density at radius 3 is 2.33 bits per heavy atom. The molecule has 1 aliphatic heterocycles. The Kier molecular flexibility index (Phi) is 6.22. The number of likely N-dealkylation sites (tertiary alicyclic amines) is 1. The molecule has 1 fully saturated rings. The molecule has 0 atom stereocenters. The van der Waals surface area contributed by atoms with Crippen molar-refractivity contribution >= 4 is 0 Å². The quantitative estimate of drug-likeness (QED) is 0.673. The Morgan fingerprint density at radius 2 is 1.80 bits per heavy atom. The highest BCUT2D eigenvalue weighted by atomic mass is 16.2. The topological polar surface area (TPSA) is 26.7 Å². The average Bonchev–Trinajstić information content (AvgIpc) is 2.25. The summed E-state index contributed by atoms with van der Waals surface area (Å²) in [6.45, 7) is 4.08. The van der Waals surface area contributed by atoms with Gasteiger partial charge in [-0.3, -0.25) is 0 Å². The molecule has 0 bridgehead atoms. The van der Waals surface area contributed by atoms with E-state index in [1.165, 1.54) is 45.3 Å². The molecule has 0 aliphatic carbocycles. The van der Waals surface area contributed by atoms with E-state index in [0.29, 0.717) is 6.61 Å². The van der Waals surface area contributed by atoms with Crippen LogP contribution in [0.5, 0.6) is 0 Å². The van der Waals surface area contributed by atoms with Crippen molar-refractivity contribution in [2.75, 3.05) is 40.3 Å². The number of rotatable bonds is 6. The molecule has 15 heavy (non-hydrogen) atoms. The van der Waals surface area contributed by atoms with Crippen LogP contribution in [-0.2, 0) is 0 Å². The first-order valence-electron chi connectivity index (χ1n) is 6.23. The van der Waals surface area contributed by atoms with E-state index < -0.39 is 0 Å². The Hall–Kier alpha value is -0.120. The summed E-state index contributed by atoms with van der Waals surface area (Å²) in [5.41, 5.74) is 0. The highest BCUT2D eigenvalue weighted by Gasteiger charge is 2.19. The third kappa shape index (κ3) is 4.96. The molecule has 3 nitrogen and oxygen atoms in total. The van der Waals surface area contributed by atoms with E-state index in [1.54, 1.807) is 0 Å². The second kappa shape index (κ2) is 7.20. The normalized spacial score (nSPS) is 20.0. The van der Waals surface area contributed by atoms with Gasteiger partial charge in [-0.05, 0) is 65.8 Å². The molecule has 1 aliphatic rings. The van der Waals surface area contributed by atoms with Gasteiger partial charge < -0.3 is 14.9 Å².